The highest BCUT2D eigenvalue weighted by Crippen LogP contribution is 2.37. The van der Waals surface area contributed by atoms with Gasteiger partial charge in [0.1, 0.15) is 5.00 Å². The van der Waals surface area contributed by atoms with E-state index in [1.165, 1.54) is 18.2 Å². The lowest BCUT2D eigenvalue weighted by Crippen LogP contribution is -2.16. The summed E-state index contributed by atoms with van der Waals surface area (Å²) in [7, 11) is 0. The summed E-state index contributed by atoms with van der Waals surface area (Å²) in [5.74, 6) is -0.283. The standard InChI is InChI=1S/C18H20N2O2S/c1-12(21)19-18-16(14-10-6-3-7-11-15(14)23-18)17(22)20-13-8-4-2-5-9-13/h2,4-5,8-9H,3,6-7,10-11H2,1H3,(H,19,21)(H,20,22). The topological polar surface area (TPSA) is 58.2 Å². The van der Waals surface area contributed by atoms with Crippen molar-refractivity contribution in [1.29, 1.82) is 0 Å². The van der Waals surface area contributed by atoms with E-state index in [1.54, 1.807) is 11.3 Å². The quantitative estimate of drug-likeness (QED) is 0.829. The molecule has 0 fully saturated rings. The molecule has 0 unspecified atom stereocenters. The average molecular weight is 328 g/mol. The van der Waals surface area contributed by atoms with Crippen LogP contribution in [0.5, 0.6) is 0 Å². The van der Waals surface area contributed by atoms with Crippen molar-refractivity contribution in [3.05, 3.63) is 46.3 Å². The Morgan fingerprint density at radius 2 is 1.74 bits per heavy atom. The van der Waals surface area contributed by atoms with Crippen molar-refractivity contribution >= 4 is 33.8 Å². The van der Waals surface area contributed by atoms with E-state index in [9.17, 15) is 9.59 Å². The van der Waals surface area contributed by atoms with Crippen molar-refractivity contribution in [2.45, 2.75) is 39.0 Å². The second-order valence-electron chi connectivity index (χ2n) is 5.77. The van der Waals surface area contributed by atoms with Crippen LogP contribution >= 0.6 is 11.3 Å². The van der Waals surface area contributed by atoms with E-state index in [-0.39, 0.29) is 11.8 Å². The van der Waals surface area contributed by atoms with Crippen LogP contribution < -0.4 is 10.6 Å². The molecule has 1 aliphatic carbocycles. The largest absolute Gasteiger partial charge is 0.322 e. The smallest absolute Gasteiger partial charge is 0.258 e. The molecule has 2 amide bonds. The molecule has 1 heterocycles. The van der Waals surface area contributed by atoms with Crippen molar-refractivity contribution in [2.24, 2.45) is 0 Å². The third kappa shape index (κ3) is 3.62. The number of amides is 2. The Kier molecular flexibility index (Phi) is 4.76. The minimum atomic E-state index is -0.143. The summed E-state index contributed by atoms with van der Waals surface area (Å²) in [5.41, 5.74) is 2.52. The molecule has 0 radical (unpaired) electrons. The van der Waals surface area contributed by atoms with Gasteiger partial charge in [-0.3, -0.25) is 9.59 Å². The maximum absolute atomic E-state index is 12.8. The minimum absolute atomic E-state index is 0.139. The molecule has 0 aliphatic heterocycles. The number of benzene rings is 1. The van der Waals surface area contributed by atoms with Gasteiger partial charge < -0.3 is 10.6 Å². The van der Waals surface area contributed by atoms with Gasteiger partial charge in [0.05, 0.1) is 5.56 Å². The summed E-state index contributed by atoms with van der Waals surface area (Å²) in [4.78, 5) is 25.5. The van der Waals surface area contributed by atoms with E-state index in [1.807, 2.05) is 30.3 Å². The first-order valence-electron chi connectivity index (χ1n) is 7.93. The van der Waals surface area contributed by atoms with Gasteiger partial charge in [-0.25, -0.2) is 0 Å². The summed E-state index contributed by atoms with van der Waals surface area (Å²) in [6, 6.07) is 9.41. The van der Waals surface area contributed by atoms with Gasteiger partial charge in [-0.1, -0.05) is 24.6 Å². The number of hydrogen-bond acceptors (Lipinski definition) is 3. The van der Waals surface area contributed by atoms with Gasteiger partial charge in [-0.05, 0) is 43.4 Å². The molecule has 3 rings (SSSR count). The number of fused-ring (bicyclic) bond motifs is 1. The van der Waals surface area contributed by atoms with Crippen LogP contribution in [0.15, 0.2) is 30.3 Å². The van der Waals surface area contributed by atoms with Gasteiger partial charge in [0.2, 0.25) is 5.91 Å². The van der Waals surface area contributed by atoms with E-state index in [2.05, 4.69) is 10.6 Å². The fourth-order valence-corrected chi connectivity index (χ4v) is 4.28. The van der Waals surface area contributed by atoms with Crippen molar-refractivity contribution in [1.82, 2.24) is 0 Å². The molecule has 2 N–H and O–H groups in total. The van der Waals surface area contributed by atoms with Crippen LogP contribution in [0.3, 0.4) is 0 Å². The van der Waals surface area contributed by atoms with Gasteiger partial charge in [-0.15, -0.1) is 11.3 Å². The molecule has 1 aromatic carbocycles. The molecule has 23 heavy (non-hydrogen) atoms. The van der Waals surface area contributed by atoms with Gasteiger partial charge in [0.25, 0.3) is 5.91 Å². The first-order valence-corrected chi connectivity index (χ1v) is 8.75. The van der Waals surface area contributed by atoms with Gasteiger partial charge >= 0.3 is 0 Å². The fourth-order valence-electron chi connectivity index (χ4n) is 2.95. The lowest BCUT2D eigenvalue weighted by Gasteiger charge is -2.09. The molecule has 0 bridgehead atoms. The lowest BCUT2D eigenvalue weighted by atomic mass is 10.0. The molecule has 4 nitrogen and oxygen atoms in total. The highest BCUT2D eigenvalue weighted by molar-refractivity contribution is 7.17. The predicted octanol–water partition coefficient (Wildman–Crippen LogP) is 4.23. The number of rotatable bonds is 3. The van der Waals surface area contributed by atoms with E-state index in [0.717, 1.165) is 36.9 Å². The Balaban J connectivity index is 1.96. The Hall–Kier alpha value is -2.14. The van der Waals surface area contributed by atoms with E-state index in [0.29, 0.717) is 10.6 Å². The SMILES string of the molecule is CC(=O)Nc1sc2c(c1C(=O)Nc1ccccc1)CCCCC2. The summed E-state index contributed by atoms with van der Waals surface area (Å²) in [6.07, 6.45) is 5.33. The fraction of sp³-hybridized carbons (Fsp3) is 0.333. The third-order valence-corrected chi connectivity index (χ3v) is 5.18. The van der Waals surface area contributed by atoms with E-state index >= 15 is 0 Å². The Labute approximate surface area is 139 Å². The summed E-state index contributed by atoms with van der Waals surface area (Å²) in [5, 5.41) is 6.46. The predicted molar refractivity (Wildman–Crippen MR) is 94.3 cm³/mol. The zero-order valence-electron chi connectivity index (χ0n) is 13.1. The van der Waals surface area contributed by atoms with Crippen molar-refractivity contribution in [3.63, 3.8) is 0 Å². The number of nitrogens with one attached hydrogen (secondary N) is 2. The van der Waals surface area contributed by atoms with Crippen LogP contribution in [-0.2, 0) is 17.6 Å². The number of thiophene rings is 1. The molecule has 1 aromatic heterocycles. The van der Waals surface area contributed by atoms with Crippen molar-refractivity contribution in [2.75, 3.05) is 10.6 Å². The molecule has 120 valence electrons. The Morgan fingerprint density at radius 1 is 1.00 bits per heavy atom. The molecule has 5 heteroatoms. The van der Waals surface area contributed by atoms with Gasteiger partial charge in [-0.2, -0.15) is 0 Å². The van der Waals surface area contributed by atoms with Crippen molar-refractivity contribution in [3.8, 4) is 0 Å². The second kappa shape index (κ2) is 6.96. The maximum atomic E-state index is 12.8. The number of anilines is 2. The molecule has 2 aromatic rings. The number of carbonyl (C=O) groups excluding carboxylic acids is 2. The minimum Gasteiger partial charge on any atom is -0.322 e. The third-order valence-electron chi connectivity index (χ3n) is 3.97. The second-order valence-corrected chi connectivity index (χ2v) is 6.88. The number of aryl methyl sites for hydroxylation is 1. The first kappa shape index (κ1) is 15.7. The highest BCUT2D eigenvalue weighted by Gasteiger charge is 2.25. The normalized spacial score (nSPS) is 13.8. The Bertz CT molecular complexity index is 722. The zero-order chi connectivity index (χ0) is 16.2. The summed E-state index contributed by atoms with van der Waals surface area (Å²) >= 11 is 1.55. The number of carbonyl (C=O) groups is 2. The lowest BCUT2D eigenvalue weighted by molar-refractivity contribution is -0.114. The first-order chi connectivity index (χ1) is 11.1. The molecular formula is C18H20N2O2S. The van der Waals surface area contributed by atoms with Crippen LogP contribution in [-0.4, -0.2) is 11.8 Å². The molecule has 0 spiro atoms. The maximum Gasteiger partial charge on any atom is 0.258 e. The zero-order valence-corrected chi connectivity index (χ0v) is 14.0. The van der Waals surface area contributed by atoms with Gasteiger partial charge in [0.15, 0.2) is 0 Å². The summed E-state index contributed by atoms with van der Waals surface area (Å²) < 4.78 is 0. The molecule has 0 saturated carbocycles. The van der Waals surface area contributed by atoms with Crippen LogP contribution in [0.1, 0.15) is 47.0 Å². The Morgan fingerprint density at radius 3 is 2.48 bits per heavy atom. The van der Waals surface area contributed by atoms with E-state index in [4.69, 9.17) is 0 Å². The highest BCUT2D eigenvalue weighted by atomic mass is 32.1. The molecular weight excluding hydrogens is 308 g/mol. The van der Waals surface area contributed by atoms with Crippen LogP contribution in [0.25, 0.3) is 0 Å². The average Bonchev–Trinajstić information content (AvgIpc) is 2.69. The number of hydrogen-bond donors (Lipinski definition) is 2. The van der Waals surface area contributed by atoms with Crippen LogP contribution in [0.4, 0.5) is 10.7 Å². The summed E-state index contributed by atoms with van der Waals surface area (Å²) in [6.45, 7) is 1.48. The monoisotopic (exact) mass is 328 g/mol. The molecule has 1 aliphatic rings. The number of para-hydroxylation sites is 1. The molecule has 0 saturated heterocycles. The van der Waals surface area contributed by atoms with Crippen molar-refractivity contribution < 1.29 is 9.59 Å². The molecule has 0 atom stereocenters. The van der Waals surface area contributed by atoms with Gasteiger partial charge in [0, 0.05) is 17.5 Å². The van der Waals surface area contributed by atoms with E-state index < -0.39 is 0 Å². The van der Waals surface area contributed by atoms with Crippen LogP contribution in [0.2, 0.25) is 0 Å². The van der Waals surface area contributed by atoms with Crippen LogP contribution in [0, 0.1) is 0 Å².